The Morgan fingerprint density at radius 1 is 1.42 bits per heavy atom. The van der Waals surface area contributed by atoms with Crippen molar-refractivity contribution >= 4 is 23.8 Å². The molecule has 0 unspecified atom stereocenters. The van der Waals surface area contributed by atoms with E-state index in [1.165, 1.54) is 0 Å². The number of halogens is 1. The quantitative estimate of drug-likeness (QED) is 0.679. The zero-order valence-corrected chi connectivity index (χ0v) is 7.73. The molecule has 0 aliphatic rings. The standard InChI is InChI=1S/C10H10ClN/c1-4-8-7(3)9(11)6-12-10(8)5-2/h4-6H,1-2H2,3H3. The third-order valence-electron chi connectivity index (χ3n) is 1.75. The molecule has 0 N–H and O–H groups in total. The molecule has 62 valence electrons. The van der Waals surface area contributed by atoms with Crippen LogP contribution in [0.5, 0.6) is 0 Å². The van der Waals surface area contributed by atoms with Gasteiger partial charge in [-0.25, -0.2) is 0 Å². The van der Waals surface area contributed by atoms with Gasteiger partial charge in [-0.05, 0) is 18.6 Å². The van der Waals surface area contributed by atoms with Crippen molar-refractivity contribution in [1.29, 1.82) is 0 Å². The first-order valence-corrected chi connectivity index (χ1v) is 3.98. The molecule has 0 spiro atoms. The molecular formula is C10H10ClN. The summed E-state index contributed by atoms with van der Waals surface area (Å²) in [4.78, 5) is 4.11. The van der Waals surface area contributed by atoms with Gasteiger partial charge in [-0.1, -0.05) is 30.8 Å². The highest BCUT2D eigenvalue weighted by Gasteiger charge is 2.03. The molecule has 0 amide bonds. The van der Waals surface area contributed by atoms with E-state index in [4.69, 9.17) is 11.6 Å². The van der Waals surface area contributed by atoms with Crippen LogP contribution < -0.4 is 0 Å². The number of hydrogen-bond acceptors (Lipinski definition) is 1. The Balaban J connectivity index is 3.45. The summed E-state index contributed by atoms with van der Waals surface area (Å²) in [6.07, 6.45) is 5.06. The van der Waals surface area contributed by atoms with E-state index in [9.17, 15) is 0 Å². The number of pyridine rings is 1. The van der Waals surface area contributed by atoms with Gasteiger partial charge in [0.05, 0.1) is 10.7 Å². The second kappa shape index (κ2) is 3.55. The minimum atomic E-state index is 0.663. The summed E-state index contributed by atoms with van der Waals surface area (Å²) >= 11 is 5.88. The molecule has 0 fully saturated rings. The SMILES string of the molecule is C=Cc1ncc(Cl)c(C)c1C=C. The predicted octanol–water partition coefficient (Wildman–Crippen LogP) is 3.33. The number of rotatable bonds is 2. The molecule has 2 heteroatoms. The Labute approximate surface area is 77.4 Å². The molecule has 0 aromatic carbocycles. The number of hydrogen-bond donors (Lipinski definition) is 0. The van der Waals surface area contributed by atoms with Gasteiger partial charge in [0.15, 0.2) is 0 Å². The molecule has 0 saturated heterocycles. The molecule has 0 saturated carbocycles. The summed E-state index contributed by atoms with van der Waals surface area (Å²) in [6, 6.07) is 0. The van der Waals surface area contributed by atoms with Crippen molar-refractivity contribution in [3.63, 3.8) is 0 Å². The largest absolute Gasteiger partial charge is 0.255 e. The van der Waals surface area contributed by atoms with Crippen molar-refractivity contribution < 1.29 is 0 Å². The van der Waals surface area contributed by atoms with E-state index in [0.717, 1.165) is 16.8 Å². The maximum absolute atomic E-state index is 5.88. The zero-order valence-electron chi connectivity index (χ0n) is 6.97. The van der Waals surface area contributed by atoms with Crippen molar-refractivity contribution in [2.45, 2.75) is 6.92 Å². The van der Waals surface area contributed by atoms with Crippen LogP contribution in [-0.4, -0.2) is 4.98 Å². The number of nitrogens with zero attached hydrogens (tertiary/aromatic N) is 1. The lowest BCUT2D eigenvalue weighted by atomic mass is 10.1. The highest BCUT2D eigenvalue weighted by Crippen LogP contribution is 2.21. The van der Waals surface area contributed by atoms with Crippen LogP contribution in [0.2, 0.25) is 5.02 Å². The van der Waals surface area contributed by atoms with E-state index < -0.39 is 0 Å². The lowest BCUT2D eigenvalue weighted by Crippen LogP contribution is -1.90. The molecular weight excluding hydrogens is 170 g/mol. The fourth-order valence-corrected chi connectivity index (χ4v) is 1.18. The van der Waals surface area contributed by atoms with E-state index >= 15 is 0 Å². The molecule has 0 aliphatic heterocycles. The van der Waals surface area contributed by atoms with Gasteiger partial charge < -0.3 is 0 Å². The van der Waals surface area contributed by atoms with Crippen molar-refractivity contribution in [2.75, 3.05) is 0 Å². The molecule has 1 nitrogen and oxygen atoms in total. The van der Waals surface area contributed by atoms with Gasteiger partial charge in [0.2, 0.25) is 0 Å². The maximum atomic E-state index is 5.88. The van der Waals surface area contributed by atoms with Crippen molar-refractivity contribution in [2.24, 2.45) is 0 Å². The normalized spacial score (nSPS) is 9.50. The smallest absolute Gasteiger partial charge is 0.0699 e. The molecule has 0 atom stereocenters. The Morgan fingerprint density at radius 2 is 2.08 bits per heavy atom. The first kappa shape index (κ1) is 9.01. The van der Waals surface area contributed by atoms with Gasteiger partial charge in [0, 0.05) is 11.8 Å². The molecule has 1 heterocycles. The summed E-state index contributed by atoms with van der Waals surface area (Å²) in [6.45, 7) is 9.29. The number of aromatic nitrogens is 1. The van der Waals surface area contributed by atoms with Crippen LogP contribution in [0.25, 0.3) is 12.2 Å². The van der Waals surface area contributed by atoms with Crippen molar-refractivity contribution in [3.05, 3.63) is 41.2 Å². The molecule has 0 aliphatic carbocycles. The molecule has 0 bridgehead atoms. The third kappa shape index (κ3) is 1.41. The molecule has 0 radical (unpaired) electrons. The summed E-state index contributed by atoms with van der Waals surface area (Å²) in [5, 5.41) is 0.663. The summed E-state index contributed by atoms with van der Waals surface area (Å²) < 4.78 is 0. The van der Waals surface area contributed by atoms with Crippen LogP contribution in [0, 0.1) is 6.92 Å². The Bertz CT molecular complexity index is 329. The van der Waals surface area contributed by atoms with Crippen LogP contribution in [-0.2, 0) is 0 Å². The first-order valence-electron chi connectivity index (χ1n) is 3.60. The van der Waals surface area contributed by atoms with E-state index in [1.807, 2.05) is 6.92 Å². The maximum Gasteiger partial charge on any atom is 0.0699 e. The first-order chi connectivity index (χ1) is 5.70. The average Bonchev–Trinajstić information content (AvgIpc) is 2.09. The Morgan fingerprint density at radius 3 is 2.58 bits per heavy atom. The van der Waals surface area contributed by atoms with Crippen LogP contribution in [0.4, 0.5) is 0 Å². The predicted molar refractivity (Wildman–Crippen MR) is 54.2 cm³/mol. The summed E-state index contributed by atoms with van der Waals surface area (Å²) in [5.74, 6) is 0. The second-order valence-electron chi connectivity index (χ2n) is 2.44. The van der Waals surface area contributed by atoms with Crippen molar-refractivity contribution in [3.8, 4) is 0 Å². The highest BCUT2D eigenvalue weighted by atomic mass is 35.5. The molecule has 1 aromatic heterocycles. The summed E-state index contributed by atoms with van der Waals surface area (Å²) in [5.41, 5.74) is 2.78. The fraction of sp³-hybridized carbons (Fsp3) is 0.100. The van der Waals surface area contributed by atoms with Gasteiger partial charge >= 0.3 is 0 Å². The Hall–Kier alpha value is -1.08. The van der Waals surface area contributed by atoms with Gasteiger partial charge in [0.25, 0.3) is 0 Å². The minimum Gasteiger partial charge on any atom is -0.255 e. The van der Waals surface area contributed by atoms with Crippen LogP contribution in [0.15, 0.2) is 19.4 Å². The van der Waals surface area contributed by atoms with Crippen LogP contribution >= 0.6 is 11.6 Å². The van der Waals surface area contributed by atoms with Crippen LogP contribution in [0.1, 0.15) is 16.8 Å². The Kier molecular flexibility index (Phi) is 2.66. The van der Waals surface area contributed by atoms with Crippen molar-refractivity contribution in [1.82, 2.24) is 4.98 Å². The van der Waals surface area contributed by atoms with E-state index in [2.05, 4.69) is 18.1 Å². The molecule has 1 rings (SSSR count). The zero-order chi connectivity index (χ0) is 9.14. The lowest BCUT2D eigenvalue weighted by Gasteiger charge is -2.05. The average molecular weight is 180 g/mol. The molecule has 12 heavy (non-hydrogen) atoms. The van der Waals surface area contributed by atoms with Gasteiger partial charge in [-0.15, -0.1) is 0 Å². The topological polar surface area (TPSA) is 12.9 Å². The van der Waals surface area contributed by atoms with E-state index in [1.54, 1.807) is 18.3 Å². The molecule has 1 aromatic rings. The summed E-state index contributed by atoms with van der Waals surface area (Å²) in [7, 11) is 0. The third-order valence-corrected chi connectivity index (χ3v) is 2.13. The van der Waals surface area contributed by atoms with Gasteiger partial charge in [0.1, 0.15) is 0 Å². The van der Waals surface area contributed by atoms with Gasteiger partial charge in [-0.3, -0.25) is 4.98 Å². The minimum absolute atomic E-state index is 0.663. The monoisotopic (exact) mass is 179 g/mol. The highest BCUT2D eigenvalue weighted by molar-refractivity contribution is 6.31. The van der Waals surface area contributed by atoms with E-state index in [0.29, 0.717) is 5.02 Å². The lowest BCUT2D eigenvalue weighted by molar-refractivity contribution is 1.24. The fourth-order valence-electron chi connectivity index (χ4n) is 1.03. The second-order valence-corrected chi connectivity index (χ2v) is 2.85. The van der Waals surface area contributed by atoms with Gasteiger partial charge in [-0.2, -0.15) is 0 Å². The van der Waals surface area contributed by atoms with Crippen LogP contribution in [0.3, 0.4) is 0 Å². The van der Waals surface area contributed by atoms with E-state index in [-0.39, 0.29) is 0 Å².